The van der Waals surface area contributed by atoms with Gasteiger partial charge in [0.2, 0.25) is 0 Å². The third-order valence-corrected chi connectivity index (χ3v) is 1.93. The van der Waals surface area contributed by atoms with Gasteiger partial charge in [0.15, 0.2) is 0 Å². The highest BCUT2D eigenvalue weighted by atomic mass is 16.5. The van der Waals surface area contributed by atoms with Crippen LogP contribution in [0, 0.1) is 0 Å². The Bertz CT molecular complexity index is 265. The molecule has 0 aliphatic heterocycles. The molecule has 0 atom stereocenters. The number of carbonyl (C=O) groups is 2. The minimum Gasteiger partial charge on any atom is -0.466 e. The van der Waals surface area contributed by atoms with Gasteiger partial charge in [-0.2, -0.15) is 0 Å². The fraction of sp³-hybridized carbons (Fsp3) is 0.538. The molecule has 0 amide bonds. The molecule has 0 saturated heterocycles. The first kappa shape index (κ1) is 17.8. The highest BCUT2D eigenvalue weighted by molar-refractivity contribution is 5.87. The van der Waals surface area contributed by atoms with Gasteiger partial charge in [0, 0.05) is 11.1 Å². The zero-order chi connectivity index (χ0) is 13.8. The summed E-state index contributed by atoms with van der Waals surface area (Å²) in [5.74, 6) is -0.607. The maximum atomic E-state index is 10.6. The summed E-state index contributed by atoms with van der Waals surface area (Å²) in [5, 5.41) is 0. The molecule has 0 bridgehead atoms. The second-order valence-corrected chi connectivity index (χ2v) is 3.29. The van der Waals surface area contributed by atoms with Crippen molar-refractivity contribution in [2.45, 2.75) is 33.1 Å². The summed E-state index contributed by atoms with van der Waals surface area (Å²) in [6, 6.07) is 0. The normalized spacial score (nSPS) is 8.47. The largest absolute Gasteiger partial charge is 0.466 e. The molecule has 0 saturated carbocycles. The Labute approximate surface area is 103 Å². The highest BCUT2D eigenvalue weighted by Gasteiger charge is 2.02. The maximum absolute atomic E-state index is 10.6. The smallest absolute Gasteiger partial charge is 0.333 e. The van der Waals surface area contributed by atoms with Crippen LogP contribution >= 0.6 is 0 Å². The molecule has 98 valence electrons. The summed E-state index contributed by atoms with van der Waals surface area (Å²) in [6.45, 7) is 10.9. The summed E-state index contributed by atoms with van der Waals surface area (Å²) in [7, 11) is 2.71. The summed E-state index contributed by atoms with van der Waals surface area (Å²) in [6.07, 6.45) is 2.33. The first-order valence-electron chi connectivity index (χ1n) is 5.46. The van der Waals surface area contributed by atoms with E-state index in [2.05, 4.69) is 22.6 Å². The topological polar surface area (TPSA) is 52.6 Å². The van der Waals surface area contributed by atoms with Crippen molar-refractivity contribution in [3.05, 3.63) is 24.3 Å². The third-order valence-electron chi connectivity index (χ3n) is 1.93. The van der Waals surface area contributed by atoms with Gasteiger partial charge in [0.25, 0.3) is 0 Å². The number of esters is 2. The van der Waals surface area contributed by atoms with E-state index in [0.29, 0.717) is 17.6 Å². The number of ether oxygens (including phenoxy) is 2. The number of rotatable bonds is 5. The zero-order valence-corrected chi connectivity index (χ0v) is 11.2. The predicted octanol–water partition coefficient (Wildman–Crippen LogP) is 2.64. The van der Waals surface area contributed by atoms with Crippen molar-refractivity contribution in [2.24, 2.45) is 0 Å². The van der Waals surface area contributed by atoms with E-state index in [0.717, 1.165) is 12.8 Å². The Morgan fingerprint density at radius 2 is 1.35 bits per heavy atom. The molecule has 0 aromatic rings. The molecule has 0 unspecified atom stereocenters. The van der Waals surface area contributed by atoms with Gasteiger partial charge in [0.1, 0.15) is 0 Å². The van der Waals surface area contributed by atoms with Gasteiger partial charge in [0.05, 0.1) is 14.2 Å². The van der Waals surface area contributed by atoms with Crippen LogP contribution in [0.5, 0.6) is 0 Å². The molecule has 0 rings (SSSR count). The molecule has 4 heteroatoms. The van der Waals surface area contributed by atoms with Gasteiger partial charge >= 0.3 is 11.9 Å². The molecule has 0 heterocycles. The van der Waals surface area contributed by atoms with Crippen LogP contribution in [0.15, 0.2) is 24.3 Å². The van der Waals surface area contributed by atoms with Crippen LogP contribution in [0.25, 0.3) is 0 Å². The second-order valence-electron chi connectivity index (χ2n) is 3.29. The average molecular weight is 242 g/mol. The van der Waals surface area contributed by atoms with Crippen molar-refractivity contribution in [3.8, 4) is 0 Å². The van der Waals surface area contributed by atoms with E-state index in [1.54, 1.807) is 0 Å². The monoisotopic (exact) mass is 242 g/mol. The molecule has 0 aliphatic rings. The molecule has 0 N–H and O–H groups in total. The van der Waals surface area contributed by atoms with Crippen molar-refractivity contribution in [2.75, 3.05) is 14.2 Å². The quantitative estimate of drug-likeness (QED) is 0.549. The van der Waals surface area contributed by atoms with Gasteiger partial charge < -0.3 is 9.47 Å². The fourth-order valence-corrected chi connectivity index (χ4v) is 0.837. The van der Waals surface area contributed by atoms with Crippen LogP contribution in [0.4, 0.5) is 0 Å². The third kappa shape index (κ3) is 9.35. The van der Waals surface area contributed by atoms with Crippen LogP contribution in [0.3, 0.4) is 0 Å². The Morgan fingerprint density at radius 1 is 0.941 bits per heavy atom. The van der Waals surface area contributed by atoms with Gasteiger partial charge in [-0.25, -0.2) is 9.59 Å². The van der Waals surface area contributed by atoms with Crippen LogP contribution in [0.2, 0.25) is 0 Å². The first-order chi connectivity index (χ1) is 7.94. The molecular formula is C13H22O4. The lowest BCUT2D eigenvalue weighted by atomic mass is 10.2. The Kier molecular flexibility index (Phi) is 11.4. The molecule has 4 nitrogen and oxygen atoms in total. The standard InChI is InChI=1S/C7H12O2.C6H10O2/c1-4-5-6(2)7(8)9-3;1-4-5(2)6(7)8-3/h2,4-5H2,1,3H3;2,4H2,1,3H3. The van der Waals surface area contributed by atoms with E-state index in [-0.39, 0.29) is 11.9 Å². The lowest BCUT2D eigenvalue weighted by molar-refractivity contribution is -0.137. The van der Waals surface area contributed by atoms with Crippen LogP contribution in [-0.4, -0.2) is 26.2 Å². The Hall–Kier alpha value is -1.58. The number of hydrogen-bond donors (Lipinski definition) is 0. The van der Waals surface area contributed by atoms with Gasteiger partial charge in [-0.05, 0) is 12.8 Å². The van der Waals surface area contributed by atoms with E-state index in [9.17, 15) is 9.59 Å². The molecule has 0 aromatic heterocycles. The van der Waals surface area contributed by atoms with Crippen molar-refractivity contribution in [3.63, 3.8) is 0 Å². The van der Waals surface area contributed by atoms with Crippen molar-refractivity contribution in [1.29, 1.82) is 0 Å². The van der Waals surface area contributed by atoms with Crippen molar-refractivity contribution in [1.82, 2.24) is 0 Å². The number of hydrogen-bond acceptors (Lipinski definition) is 4. The zero-order valence-electron chi connectivity index (χ0n) is 11.2. The highest BCUT2D eigenvalue weighted by Crippen LogP contribution is 2.02. The van der Waals surface area contributed by atoms with Crippen molar-refractivity contribution < 1.29 is 19.1 Å². The molecule has 0 spiro atoms. The average Bonchev–Trinajstić information content (AvgIpc) is 2.36. The van der Waals surface area contributed by atoms with Gasteiger partial charge in [-0.1, -0.05) is 33.4 Å². The van der Waals surface area contributed by atoms with E-state index in [1.165, 1.54) is 14.2 Å². The Balaban J connectivity index is 0. The minimum absolute atomic E-state index is 0.295. The van der Waals surface area contributed by atoms with E-state index in [4.69, 9.17) is 0 Å². The van der Waals surface area contributed by atoms with E-state index >= 15 is 0 Å². The van der Waals surface area contributed by atoms with Crippen molar-refractivity contribution >= 4 is 11.9 Å². The molecule has 17 heavy (non-hydrogen) atoms. The first-order valence-corrected chi connectivity index (χ1v) is 5.46. The van der Waals surface area contributed by atoms with E-state index < -0.39 is 0 Å². The second kappa shape index (κ2) is 10.9. The van der Waals surface area contributed by atoms with Gasteiger partial charge in [-0.3, -0.25) is 0 Å². The lowest BCUT2D eigenvalue weighted by Gasteiger charge is -1.98. The molecule has 0 fully saturated rings. The molecular weight excluding hydrogens is 220 g/mol. The number of carbonyl (C=O) groups excluding carboxylic acids is 2. The summed E-state index contributed by atoms with van der Waals surface area (Å²) in [4.78, 5) is 21.0. The lowest BCUT2D eigenvalue weighted by Crippen LogP contribution is -2.02. The Morgan fingerprint density at radius 3 is 1.59 bits per heavy atom. The van der Waals surface area contributed by atoms with E-state index in [1.807, 2.05) is 13.8 Å². The predicted molar refractivity (Wildman–Crippen MR) is 67.5 cm³/mol. The van der Waals surface area contributed by atoms with Crippen LogP contribution in [-0.2, 0) is 19.1 Å². The minimum atomic E-state index is -0.312. The molecule has 0 radical (unpaired) electrons. The fourth-order valence-electron chi connectivity index (χ4n) is 0.837. The number of methoxy groups -OCH3 is 2. The summed E-state index contributed by atoms with van der Waals surface area (Å²) >= 11 is 0. The summed E-state index contributed by atoms with van der Waals surface area (Å²) in [5.41, 5.74) is 1.08. The van der Waals surface area contributed by atoms with Gasteiger partial charge in [-0.15, -0.1) is 0 Å². The summed E-state index contributed by atoms with van der Waals surface area (Å²) < 4.78 is 8.79. The maximum Gasteiger partial charge on any atom is 0.333 e. The SMILES string of the molecule is C=C(CC)C(=O)OC.C=C(CCC)C(=O)OC. The van der Waals surface area contributed by atoms with Crippen LogP contribution < -0.4 is 0 Å². The van der Waals surface area contributed by atoms with Crippen LogP contribution in [0.1, 0.15) is 33.1 Å². The molecule has 0 aliphatic carbocycles. The molecule has 0 aromatic carbocycles.